The molecule has 1 aliphatic heterocycles. The van der Waals surface area contributed by atoms with Gasteiger partial charge in [0.25, 0.3) is 0 Å². The maximum absolute atomic E-state index is 13.1. The van der Waals surface area contributed by atoms with Crippen molar-refractivity contribution in [1.29, 1.82) is 0 Å². The quantitative estimate of drug-likeness (QED) is 0.309. The van der Waals surface area contributed by atoms with Crippen molar-refractivity contribution in [2.24, 2.45) is 0 Å². The summed E-state index contributed by atoms with van der Waals surface area (Å²) in [5.74, 6) is 0. The highest BCUT2D eigenvalue weighted by Gasteiger charge is 2.40. The van der Waals surface area contributed by atoms with E-state index in [1.54, 1.807) is 0 Å². The number of rotatable bonds is 4. The van der Waals surface area contributed by atoms with Crippen LogP contribution in [0, 0.1) is 0 Å². The van der Waals surface area contributed by atoms with Crippen LogP contribution in [0.5, 0.6) is 0 Å². The minimum Gasteiger partial charge on any atom is -0.210 e. The van der Waals surface area contributed by atoms with Gasteiger partial charge in [-0.15, -0.1) is 0 Å². The van der Waals surface area contributed by atoms with Crippen LogP contribution in [-0.4, -0.2) is 5.54 Å². The lowest BCUT2D eigenvalue weighted by Gasteiger charge is -2.39. The molecule has 0 atom stereocenters. The standard InChI is InChI=1S/C31H28NO/c1-23-22-30(2,3)32(33)29-20-19-27(21-28(23)29)31(24-13-7-4-8-14-24,25-15-9-5-10-16-25)26-17-11-6-12-18-26/h4-22H,1-3H3. The van der Waals surface area contributed by atoms with E-state index in [9.17, 15) is 5.21 Å². The summed E-state index contributed by atoms with van der Waals surface area (Å²) in [6.45, 7) is 6.03. The predicted octanol–water partition coefficient (Wildman–Crippen LogP) is 7.42. The molecule has 0 saturated heterocycles. The molecule has 0 spiro atoms. The summed E-state index contributed by atoms with van der Waals surface area (Å²) in [7, 11) is 0. The first-order valence-electron chi connectivity index (χ1n) is 11.4. The van der Waals surface area contributed by atoms with Gasteiger partial charge in [-0.2, -0.15) is 0 Å². The van der Waals surface area contributed by atoms with Gasteiger partial charge in [0, 0.05) is 5.56 Å². The van der Waals surface area contributed by atoms with Crippen molar-refractivity contribution in [1.82, 2.24) is 0 Å². The van der Waals surface area contributed by atoms with Crippen LogP contribution in [0.4, 0.5) is 5.69 Å². The third kappa shape index (κ3) is 3.39. The van der Waals surface area contributed by atoms with Crippen molar-refractivity contribution in [2.75, 3.05) is 5.06 Å². The highest BCUT2D eigenvalue weighted by molar-refractivity contribution is 5.81. The second-order valence-corrected chi connectivity index (χ2v) is 9.36. The number of hydrogen-bond acceptors (Lipinski definition) is 1. The summed E-state index contributed by atoms with van der Waals surface area (Å²) >= 11 is 0. The highest BCUT2D eigenvalue weighted by atomic mass is 16.5. The molecule has 33 heavy (non-hydrogen) atoms. The van der Waals surface area contributed by atoms with Gasteiger partial charge in [0.05, 0.1) is 16.6 Å². The Balaban J connectivity index is 1.86. The van der Waals surface area contributed by atoms with Crippen LogP contribution in [0.3, 0.4) is 0 Å². The molecule has 0 fully saturated rings. The Labute approximate surface area is 196 Å². The summed E-state index contributed by atoms with van der Waals surface area (Å²) in [5.41, 5.74) is 6.50. The largest absolute Gasteiger partial charge is 0.210 e. The summed E-state index contributed by atoms with van der Waals surface area (Å²) < 4.78 is 0. The molecule has 2 heteroatoms. The van der Waals surface area contributed by atoms with Crippen LogP contribution in [0.15, 0.2) is 115 Å². The van der Waals surface area contributed by atoms with Crippen LogP contribution >= 0.6 is 0 Å². The number of fused-ring (bicyclic) bond motifs is 1. The van der Waals surface area contributed by atoms with E-state index < -0.39 is 11.0 Å². The fourth-order valence-corrected chi connectivity index (χ4v) is 5.30. The van der Waals surface area contributed by atoms with Crippen LogP contribution in [0.2, 0.25) is 0 Å². The lowest BCUT2D eigenvalue weighted by molar-refractivity contribution is 0.112. The van der Waals surface area contributed by atoms with Crippen LogP contribution in [0.25, 0.3) is 5.57 Å². The van der Waals surface area contributed by atoms with Gasteiger partial charge in [0.15, 0.2) is 0 Å². The third-order valence-electron chi connectivity index (χ3n) is 6.79. The van der Waals surface area contributed by atoms with Gasteiger partial charge in [-0.05, 0) is 60.7 Å². The average Bonchev–Trinajstić information content (AvgIpc) is 2.85. The van der Waals surface area contributed by atoms with E-state index in [2.05, 4.69) is 116 Å². The fraction of sp³-hybridized carbons (Fsp3) is 0.161. The Morgan fingerprint density at radius 3 is 1.55 bits per heavy atom. The van der Waals surface area contributed by atoms with Gasteiger partial charge in [0.1, 0.15) is 0 Å². The molecule has 1 heterocycles. The first-order chi connectivity index (χ1) is 15.9. The van der Waals surface area contributed by atoms with E-state index in [1.165, 1.54) is 16.7 Å². The Morgan fingerprint density at radius 2 is 1.09 bits per heavy atom. The molecule has 4 aromatic carbocycles. The third-order valence-corrected chi connectivity index (χ3v) is 6.79. The molecule has 163 valence electrons. The molecule has 0 saturated carbocycles. The van der Waals surface area contributed by atoms with Crippen LogP contribution < -0.4 is 5.06 Å². The first kappa shape index (κ1) is 21.2. The van der Waals surface area contributed by atoms with E-state index in [-0.39, 0.29) is 0 Å². The second kappa shape index (κ2) is 8.06. The lowest BCUT2D eigenvalue weighted by Crippen LogP contribution is -2.41. The second-order valence-electron chi connectivity index (χ2n) is 9.36. The van der Waals surface area contributed by atoms with Crippen molar-refractivity contribution in [3.05, 3.63) is 143 Å². The van der Waals surface area contributed by atoms with Gasteiger partial charge >= 0.3 is 0 Å². The van der Waals surface area contributed by atoms with E-state index >= 15 is 0 Å². The molecule has 2 nitrogen and oxygen atoms in total. The maximum Gasteiger partial charge on any atom is 0.0834 e. The minimum absolute atomic E-state index is 0.514. The average molecular weight is 431 g/mol. The summed E-state index contributed by atoms with van der Waals surface area (Å²) in [4.78, 5) is 0. The molecular formula is C31H28NO. The first-order valence-corrected chi connectivity index (χ1v) is 11.4. The van der Waals surface area contributed by atoms with Crippen molar-refractivity contribution in [2.45, 2.75) is 31.7 Å². The molecule has 0 unspecified atom stereocenters. The zero-order chi connectivity index (χ0) is 23.1. The maximum atomic E-state index is 13.1. The Morgan fingerprint density at radius 1 is 0.636 bits per heavy atom. The van der Waals surface area contributed by atoms with Gasteiger partial charge < -0.3 is 0 Å². The van der Waals surface area contributed by atoms with Gasteiger partial charge in [0.2, 0.25) is 0 Å². The topological polar surface area (TPSA) is 23.1 Å². The fourth-order valence-electron chi connectivity index (χ4n) is 5.30. The van der Waals surface area contributed by atoms with Crippen molar-refractivity contribution < 1.29 is 5.21 Å². The molecule has 0 aromatic heterocycles. The van der Waals surface area contributed by atoms with Crippen molar-refractivity contribution in [3.8, 4) is 0 Å². The van der Waals surface area contributed by atoms with E-state index in [4.69, 9.17) is 0 Å². The molecule has 1 aliphatic rings. The molecule has 0 N–H and O–H groups in total. The number of benzene rings is 4. The molecule has 1 radical (unpaired) electrons. The van der Waals surface area contributed by atoms with Gasteiger partial charge in [-0.25, -0.2) is 5.06 Å². The Bertz CT molecular complexity index is 1190. The van der Waals surface area contributed by atoms with Crippen molar-refractivity contribution >= 4 is 11.3 Å². The highest BCUT2D eigenvalue weighted by Crippen LogP contribution is 2.47. The summed E-state index contributed by atoms with van der Waals surface area (Å²) in [6.07, 6.45) is 2.07. The number of hydroxylamine groups is 1. The Hall–Kier alpha value is -3.62. The SMILES string of the molecule is CC1=CC(C)(C)N([O])c2ccc(C(c3ccccc3)(c3ccccc3)c3ccccc3)cc21. The zero-order valence-corrected chi connectivity index (χ0v) is 19.3. The zero-order valence-electron chi connectivity index (χ0n) is 19.3. The molecule has 0 aliphatic carbocycles. The lowest BCUT2D eigenvalue weighted by atomic mass is 9.64. The Kier molecular flexibility index (Phi) is 5.19. The monoisotopic (exact) mass is 430 g/mol. The minimum atomic E-state index is -0.562. The van der Waals surface area contributed by atoms with Crippen LogP contribution in [0.1, 0.15) is 48.6 Å². The molecule has 0 bridgehead atoms. The molecule has 4 aromatic rings. The van der Waals surface area contributed by atoms with E-state index in [0.29, 0.717) is 0 Å². The van der Waals surface area contributed by atoms with Crippen molar-refractivity contribution in [3.63, 3.8) is 0 Å². The predicted molar refractivity (Wildman–Crippen MR) is 136 cm³/mol. The normalized spacial score (nSPS) is 15.0. The van der Waals surface area contributed by atoms with Crippen LogP contribution in [-0.2, 0) is 10.6 Å². The summed E-state index contributed by atoms with van der Waals surface area (Å²) in [5, 5.41) is 14.3. The van der Waals surface area contributed by atoms with E-state index in [1.807, 2.05) is 19.9 Å². The number of nitrogens with zero attached hydrogens (tertiary/aromatic N) is 1. The van der Waals surface area contributed by atoms with E-state index in [0.717, 1.165) is 27.5 Å². The molecule has 5 rings (SSSR count). The number of anilines is 1. The molecular weight excluding hydrogens is 402 g/mol. The van der Waals surface area contributed by atoms with Gasteiger partial charge in [-0.3, -0.25) is 0 Å². The number of allylic oxidation sites excluding steroid dienone is 1. The van der Waals surface area contributed by atoms with Gasteiger partial charge in [-0.1, -0.05) is 108 Å². The molecule has 0 amide bonds. The summed E-state index contributed by atoms with van der Waals surface area (Å²) in [6, 6.07) is 38.3. The number of hydrogen-bond donors (Lipinski definition) is 0. The smallest absolute Gasteiger partial charge is 0.0834 e.